The summed E-state index contributed by atoms with van der Waals surface area (Å²) >= 11 is 0. The van der Waals surface area contributed by atoms with Gasteiger partial charge in [0.15, 0.2) is 0 Å². The Morgan fingerprint density at radius 2 is 1.86 bits per heavy atom. The molecule has 1 atom stereocenters. The van der Waals surface area contributed by atoms with Crippen molar-refractivity contribution >= 4 is 10.0 Å². The van der Waals surface area contributed by atoms with E-state index in [2.05, 4.69) is 4.72 Å². The molecule has 0 amide bonds. The minimum atomic E-state index is -3.45. The highest BCUT2D eigenvalue weighted by Crippen LogP contribution is 2.31. The van der Waals surface area contributed by atoms with Crippen molar-refractivity contribution < 1.29 is 13.2 Å². The van der Waals surface area contributed by atoms with E-state index in [1.807, 2.05) is 42.5 Å². The quantitative estimate of drug-likeness (QED) is 0.868. The van der Waals surface area contributed by atoms with E-state index in [1.54, 1.807) is 24.3 Å². The average molecular weight is 301 g/mol. The second-order valence-corrected chi connectivity index (χ2v) is 6.75. The van der Waals surface area contributed by atoms with Crippen LogP contribution in [0.25, 0.3) is 0 Å². The number of hydrogen-bond donors (Lipinski definition) is 1. The zero-order chi connectivity index (χ0) is 14.9. The number of sulfonamides is 1. The summed E-state index contributed by atoms with van der Waals surface area (Å²) < 4.78 is 31.9. The average Bonchev–Trinajstić information content (AvgIpc) is 2.84. The van der Waals surface area contributed by atoms with Crippen LogP contribution >= 0.6 is 0 Å². The number of allylic oxidation sites excluding steroid dienone is 6. The summed E-state index contributed by atoms with van der Waals surface area (Å²) in [6.07, 6.45) is 12.3. The molecule has 4 nitrogen and oxygen atoms in total. The van der Waals surface area contributed by atoms with Gasteiger partial charge in [0.1, 0.15) is 5.75 Å². The van der Waals surface area contributed by atoms with Crippen molar-refractivity contribution in [1.29, 1.82) is 0 Å². The van der Waals surface area contributed by atoms with Gasteiger partial charge in [0, 0.05) is 0 Å². The Kier molecular flexibility index (Phi) is 3.31. The van der Waals surface area contributed by atoms with E-state index in [0.717, 1.165) is 17.4 Å². The summed E-state index contributed by atoms with van der Waals surface area (Å²) in [5.74, 6) is 0.588. The van der Waals surface area contributed by atoms with Crippen LogP contribution in [0.15, 0.2) is 77.9 Å². The monoisotopic (exact) mass is 301 g/mol. The molecule has 1 unspecified atom stereocenters. The number of hydrogen-bond acceptors (Lipinski definition) is 3. The fourth-order valence-corrected chi connectivity index (χ4v) is 3.09. The predicted molar refractivity (Wildman–Crippen MR) is 82.2 cm³/mol. The van der Waals surface area contributed by atoms with Gasteiger partial charge in [0.05, 0.1) is 6.26 Å². The van der Waals surface area contributed by atoms with Gasteiger partial charge in [-0.15, -0.1) is 0 Å². The summed E-state index contributed by atoms with van der Waals surface area (Å²) in [4.78, 5) is 0. The molecule has 21 heavy (non-hydrogen) atoms. The molecule has 5 heteroatoms. The molecule has 0 aliphatic heterocycles. The largest absolute Gasteiger partial charge is 0.465 e. The van der Waals surface area contributed by atoms with E-state index >= 15 is 0 Å². The maximum absolute atomic E-state index is 11.7. The van der Waals surface area contributed by atoms with Crippen molar-refractivity contribution in [2.75, 3.05) is 6.26 Å². The molecule has 0 fully saturated rings. The summed E-state index contributed by atoms with van der Waals surface area (Å²) in [6.45, 7) is 0. The van der Waals surface area contributed by atoms with Gasteiger partial charge >= 0.3 is 0 Å². The number of fused-ring (bicyclic) bond motifs is 1. The first-order valence-electron chi connectivity index (χ1n) is 6.50. The van der Waals surface area contributed by atoms with Gasteiger partial charge in [0.2, 0.25) is 15.7 Å². The van der Waals surface area contributed by atoms with Crippen LogP contribution in [0, 0.1) is 0 Å². The number of benzene rings is 1. The van der Waals surface area contributed by atoms with Gasteiger partial charge in [-0.25, -0.2) is 8.42 Å². The molecule has 0 aromatic heterocycles. The Bertz CT molecular complexity index is 773. The maximum atomic E-state index is 11.7. The van der Waals surface area contributed by atoms with Crippen LogP contribution in [0.3, 0.4) is 0 Å². The maximum Gasteiger partial charge on any atom is 0.213 e. The molecule has 1 aromatic carbocycles. The smallest absolute Gasteiger partial charge is 0.213 e. The van der Waals surface area contributed by atoms with Crippen LogP contribution in [-0.2, 0) is 10.0 Å². The van der Waals surface area contributed by atoms with E-state index in [0.29, 0.717) is 5.75 Å². The lowest BCUT2D eigenvalue weighted by Gasteiger charge is -2.31. The topological polar surface area (TPSA) is 55.4 Å². The van der Waals surface area contributed by atoms with Crippen LogP contribution in [0.1, 0.15) is 0 Å². The fourth-order valence-electron chi connectivity index (χ4n) is 2.34. The van der Waals surface area contributed by atoms with Crippen LogP contribution in [-0.4, -0.2) is 20.4 Å². The molecule has 2 aliphatic carbocycles. The molecule has 0 heterocycles. The van der Waals surface area contributed by atoms with Gasteiger partial charge in [-0.3, -0.25) is 0 Å². The van der Waals surface area contributed by atoms with Crippen molar-refractivity contribution in [1.82, 2.24) is 4.72 Å². The zero-order valence-electron chi connectivity index (χ0n) is 11.5. The summed E-state index contributed by atoms with van der Waals surface area (Å²) in [5.41, 5.74) is 0.762. The molecule has 0 saturated heterocycles. The Hall–Kier alpha value is -2.11. The van der Waals surface area contributed by atoms with Gasteiger partial charge in [-0.2, -0.15) is 4.72 Å². The third-order valence-corrected chi connectivity index (χ3v) is 3.83. The molecule has 3 rings (SSSR count). The fraction of sp³-hybridized carbons (Fsp3) is 0.125. The lowest BCUT2D eigenvalue weighted by Crippen LogP contribution is -2.50. The molecular formula is C16H15NO3S. The second-order valence-electron chi connectivity index (χ2n) is 5.00. The lowest BCUT2D eigenvalue weighted by atomic mass is 9.97. The third kappa shape index (κ3) is 3.15. The van der Waals surface area contributed by atoms with Crippen molar-refractivity contribution in [3.05, 3.63) is 77.9 Å². The molecule has 1 aromatic rings. The molecule has 1 N–H and O–H groups in total. The van der Waals surface area contributed by atoms with E-state index in [9.17, 15) is 8.42 Å². The van der Waals surface area contributed by atoms with E-state index in [4.69, 9.17) is 4.74 Å². The van der Waals surface area contributed by atoms with Crippen molar-refractivity contribution in [2.45, 2.75) is 5.72 Å². The normalized spacial score (nSPS) is 23.5. The van der Waals surface area contributed by atoms with Crippen LogP contribution in [0.5, 0.6) is 5.75 Å². The Morgan fingerprint density at radius 3 is 2.57 bits per heavy atom. The molecule has 0 bridgehead atoms. The van der Waals surface area contributed by atoms with E-state index < -0.39 is 15.7 Å². The zero-order valence-corrected chi connectivity index (χ0v) is 12.3. The summed E-state index contributed by atoms with van der Waals surface area (Å²) in [5, 5.41) is 0. The molecule has 2 aliphatic rings. The Balaban J connectivity index is 2.00. The Labute approximate surface area is 124 Å². The minimum absolute atomic E-state index is 0.588. The first-order valence-corrected chi connectivity index (χ1v) is 8.39. The van der Waals surface area contributed by atoms with Gasteiger partial charge in [-0.1, -0.05) is 42.5 Å². The Morgan fingerprint density at radius 1 is 1.10 bits per heavy atom. The van der Waals surface area contributed by atoms with Gasteiger partial charge in [0.25, 0.3) is 0 Å². The molecule has 0 saturated carbocycles. The highest BCUT2D eigenvalue weighted by Gasteiger charge is 2.34. The molecule has 108 valence electrons. The van der Waals surface area contributed by atoms with Gasteiger partial charge in [-0.05, 0) is 35.4 Å². The van der Waals surface area contributed by atoms with Gasteiger partial charge < -0.3 is 4.74 Å². The van der Waals surface area contributed by atoms with Crippen LogP contribution < -0.4 is 9.46 Å². The standard InChI is InChI=1S/C16H15NO3S/c1-21(18,19)17-16(20-15-8-3-2-4-9-15)11-10-13-6-5-7-14(13)12-16/h2-12,17H,1H3. The second kappa shape index (κ2) is 5.02. The number of ether oxygens (including phenoxy) is 1. The third-order valence-electron chi connectivity index (χ3n) is 3.14. The van der Waals surface area contributed by atoms with E-state index in [1.165, 1.54) is 0 Å². The molecule has 0 spiro atoms. The van der Waals surface area contributed by atoms with Crippen LogP contribution in [0.4, 0.5) is 0 Å². The summed E-state index contributed by atoms with van der Waals surface area (Å²) in [7, 11) is -3.45. The van der Waals surface area contributed by atoms with Crippen molar-refractivity contribution in [3.63, 3.8) is 0 Å². The van der Waals surface area contributed by atoms with Crippen molar-refractivity contribution in [2.24, 2.45) is 0 Å². The molecular weight excluding hydrogens is 286 g/mol. The lowest BCUT2D eigenvalue weighted by molar-refractivity contribution is 0.158. The highest BCUT2D eigenvalue weighted by molar-refractivity contribution is 7.88. The predicted octanol–water partition coefficient (Wildman–Crippen LogP) is 2.30. The van der Waals surface area contributed by atoms with Crippen molar-refractivity contribution in [3.8, 4) is 5.75 Å². The number of nitrogens with one attached hydrogen (secondary N) is 1. The van der Waals surface area contributed by atoms with Crippen LogP contribution in [0.2, 0.25) is 0 Å². The van der Waals surface area contributed by atoms with E-state index in [-0.39, 0.29) is 0 Å². The highest BCUT2D eigenvalue weighted by atomic mass is 32.2. The SMILES string of the molecule is CS(=O)(=O)NC1(Oc2ccccc2)C=CC2=CC=CC2=C1. The minimum Gasteiger partial charge on any atom is -0.465 e. The number of rotatable bonds is 4. The first kappa shape index (κ1) is 13.9. The summed E-state index contributed by atoms with van der Waals surface area (Å²) in [6, 6.07) is 9.12. The first-order chi connectivity index (χ1) is 9.96. The number of para-hydroxylation sites is 1. The molecule has 0 radical (unpaired) electrons.